The Morgan fingerprint density at radius 2 is 1.89 bits per heavy atom. The van der Waals surface area contributed by atoms with Crippen molar-refractivity contribution in [2.75, 3.05) is 32.8 Å². The highest BCUT2D eigenvalue weighted by atomic mass is 16.5. The molecule has 1 aliphatic heterocycles. The fourth-order valence-electron chi connectivity index (χ4n) is 3.18. The number of nitrogens with zero attached hydrogens (tertiary/aromatic N) is 2. The van der Waals surface area contributed by atoms with Gasteiger partial charge in [0.25, 0.3) is 0 Å². The zero-order chi connectivity index (χ0) is 20.1. The molecule has 1 aromatic heterocycles. The van der Waals surface area contributed by atoms with Crippen molar-refractivity contribution in [2.24, 2.45) is 5.92 Å². The number of nitrogens with one attached hydrogen (secondary N) is 1. The van der Waals surface area contributed by atoms with Crippen molar-refractivity contribution in [1.29, 1.82) is 0 Å². The second kappa shape index (κ2) is 8.60. The summed E-state index contributed by atoms with van der Waals surface area (Å²) in [7, 11) is 4.55. The quantitative estimate of drug-likeness (QED) is 0.781. The molecule has 2 amide bonds. The van der Waals surface area contributed by atoms with Crippen LogP contribution in [-0.4, -0.2) is 44.7 Å². The lowest BCUT2D eigenvalue weighted by Gasteiger charge is -2.20. The van der Waals surface area contributed by atoms with Gasteiger partial charge in [-0.2, -0.15) is 0 Å². The molecule has 28 heavy (non-hydrogen) atoms. The number of ether oxygens (including phenoxy) is 3. The van der Waals surface area contributed by atoms with E-state index in [9.17, 15) is 9.59 Å². The first kappa shape index (κ1) is 19.5. The maximum Gasteiger partial charge on any atom is 0.227 e. The van der Waals surface area contributed by atoms with Gasteiger partial charge >= 0.3 is 0 Å². The summed E-state index contributed by atoms with van der Waals surface area (Å²) in [6.45, 7) is 0.611. The van der Waals surface area contributed by atoms with Crippen LogP contribution in [0.5, 0.6) is 17.2 Å². The number of rotatable bonds is 7. The predicted molar refractivity (Wildman–Crippen MR) is 103 cm³/mol. The topological polar surface area (TPSA) is 90.0 Å². The Labute approximate surface area is 163 Å². The molecule has 8 nitrogen and oxygen atoms in total. The maximum atomic E-state index is 12.5. The fourth-order valence-corrected chi connectivity index (χ4v) is 3.18. The molecule has 2 heterocycles. The molecule has 0 unspecified atom stereocenters. The number of methoxy groups -OCH3 is 3. The highest BCUT2D eigenvalue weighted by Gasteiger charge is 2.35. The van der Waals surface area contributed by atoms with E-state index in [1.807, 2.05) is 18.2 Å². The van der Waals surface area contributed by atoms with E-state index < -0.39 is 5.92 Å². The molecule has 0 aliphatic carbocycles. The average Bonchev–Trinajstić information content (AvgIpc) is 3.13. The van der Waals surface area contributed by atoms with E-state index in [1.165, 1.54) is 21.3 Å². The molecule has 2 aromatic rings. The molecule has 0 radical (unpaired) electrons. The van der Waals surface area contributed by atoms with E-state index in [0.29, 0.717) is 29.5 Å². The molecular weight excluding hydrogens is 362 g/mol. The Balaban J connectivity index is 1.73. The van der Waals surface area contributed by atoms with Gasteiger partial charge in [-0.25, -0.2) is 0 Å². The summed E-state index contributed by atoms with van der Waals surface area (Å²) in [6.07, 6.45) is 1.82. The van der Waals surface area contributed by atoms with E-state index in [-0.39, 0.29) is 24.8 Å². The van der Waals surface area contributed by atoms with Crippen molar-refractivity contribution < 1.29 is 23.8 Å². The molecular formula is C20H23N3O5. The number of amides is 2. The lowest BCUT2D eigenvalue weighted by molar-refractivity contribution is -0.126. The van der Waals surface area contributed by atoms with Crippen LogP contribution in [0, 0.1) is 5.92 Å². The van der Waals surface area contributed by atoms with Crippen LogP contribution in [0.2, 0.25) is 0 Å². The Hall–Kier alpha value is -3.29. The van der Waals surface area contributed by atoms with E-state index >= 15 is 0 Å². The van der Waals surface area contributed by atoms with Crippen molar-refractivity contribution in [3.63, 3.8) is 0 Å². The van der Waals surface area contributed by atoms with E-state index in [0.717, 1.165) is 5.69 Å². The summed E-state index contributed by atoms with van der Waals surface area (Å²) in [4.78, 5) is 30.8. The standard InChI is InChI=1S/C20H23N3O5/c1-26-16-9-15(10-17(27-2)19(16)28-3)23-12-13(8-18(23)24)20(25)22-11-14-6-4-5-7-21-14/h4-7,9-10,13H,8,11-12H2,1-3H3,(H,22,25)/t13-/m0/s1. The second-order valence-corrected chi connectivity index (χ2v) is 6.33. The number of aromatic nitrogens is 1. The summed E-state index contributed by atoms with van der Waals surface area (Å²) in [5.41, 5.74) is 1.36. The van der Waals surface area contributed by atoms with Crippen LogP contribution in [0.15, 0.2) is 36.5 Å². The molecule has 1 aliphatic rings. The van der Waals surface area contributed by atoms with Gasteiger partial charge in [0.2, 0.25) is 17.6 Å². The molecule has 1 fully saturated rings. The largest absolute Gasteiger partial charge is 0.493 e. The van der Waals surface area contributed by atoms with E-state index in [4.69, 9.17) is 14.2 Å². The summed E-state index contributed by atoms with van der Waals surface area (Å²) >= 11 is 0. The Morgan fingerprint density at radius 3 is 2.46 bits per heavy atom. The van der Waals surface area contributed by atoms with E-state index in [1.54, 1.807) is 23.2 Å². The molecule has 0 spiro atoms. The number of carbonyl (C=O) groups is 2. The number of hydrogen-bond donors (Lipinski definition) is 1. The van der Waals surface area contributed by atoms with Crippen LogP contribution in [0.4, 0.5) is 5.69 Å². The van der Waals surface area contributed by atoms with Crippen molar-refractivity contribution in [1.82, 2.24) is 10.3 Å². The van der Waals surface area contributed by atoms with Crippen LogP contribution in [-0.2, 0) is 16.1 Å². The van der Waals surface area contributed by atoms with Crippen LogP contribution < -0.4 is 24.4 Å². The number of pyridine rings is 1. The molecule has 3 rings (SSSR count). The molecule has 8 heteroatoms. The summed E-state index contributed by atoms with van der Waals surface area (Å²) in [5, 5.41) is 2.85. The van der Waals surface area contributed by atoms with Crippen molar-refractivity contribution in [3.05, 3.63) is 42.2 Å². The molecule has 1 N–H and O–H groups in total. The predicted octanol–water partition coefficient (Wildman–Crippen LogP) is 1.78. The van der Waals surface area contributed by atoms with Gasteiger partial charge in [-0.05, 0) is 12.1 Å². The smallest absolute Gasteiger partial charge is 0.227 e. The lowest BCUT2D eigenvalue weighted by Crippen LogP contribution is -2.32. The second-order valence-electron chi connectivity index (χ2n) is 6.33. The Kier molecular flexibility index (Phi) is 5.98. The molecule has 1 atom stereocenters. The van der Waals surface area contributed by atoms with Crippen LogP contribution >= 0.6 is 0 Å². The maximum absolute atomic E-state index is 12.5. The van der Waals surface area contributed by atoms with Gasteiger partial charge in [0.1, 0.15) is 0 Å². The van der Waals surface area contributed by atoms with Crippen LogP contribution in [0.25, 0.3) is 0 Å². The summed E-state index contributed by atoms with van der Waals surface area (Å²) in [5.74, 6) is 0.613. The van der Waals surface area contributed by atoms with Crippen LogP contribution in [0.1, 0.15) is 12.1 Å². The molecule has 1 saturated heterocycles. The first-order valence-corrected chi connectivity index (χ1v) is 8.85. The Morgan fingerprint density at radius 1 is 1.18 bits per heavy atom. The van der Waals surface area contributed by atoms with Gasteiger partial charge in [0.15, 0.2) is 11.5 Å². The van der Waals surface area contributed by atoms with E-state index in [2.05, 4.69) is 10.3 Å². The third-order valence-corrected chi connectivity index (χ3v) is 4.63. The molecule has 0 bridgehead atoms. The number of anilines is 1. The molecule has 1 aromatic carbocycles. The normalized spacial score (nSPS) is 16.0. The first-order valence-electron chi connectivity index (χ1n) is 8.85. The lowest BCUT2D eigenvalue weighted by atomic mass is 10.1. The third kappa shape index (κ3) is 4.00. The molecule has 148 valence electrons. The number of benzene rings is 1. The first-order chi connectivity index (χ1) is 13.6. The van der Waals surface area contributed by atoms with Gasteiger partial charge in [-0.3, -0.25) is 14.6 Å². The average molecular weight is 385 g/mol. The Bertz CT molecular complexity index is 831. The monoisotopic (exact) mass is 385 g/mol. The minimum atomic E-state index is -0.435. The zero-order valence-corrected chi connectivity index (χ0v) is 16.1. The summed E-state index contributed by atoms with van der Waals surface area (Å²) in [6, 6.07) is 8.92. The van der Waals surface area contributed by atoms with Crippen molar-refractivity contribution in [2.45, 2.75) is 13.0 Å². The highest BCUT2D eigenvalue weighted by Crippen LogP contribution is 2.42. The van der Waals surface area contributed by atoms with Gasteiger partial charge < -0.3 is 24.4 Å². The minimum absolute atomic E-state index is 0.132. The van der Waals surface area contributed by atoms with Gasteiger partial charge in [-0.15, -0.1) is 0 Å². The zero-order valence-electron chi connectivity index (χ0n) is 16.1. The number of carbonyl (C=O) groups excluding carboxylic acids is 2. The number of hydrogen-bond acceptors (Lipinski definition) is 6. The third-order valence-electron chi connectivity index (χ3n) is 4.63. The fraction of sp³-hybridized carbons (Fsp3) is 0.350. The minimum Gasteiger partial charge on any atom is -0.493 e. The van der Waals surface area contributed by atoms with Gasteiger partial charge in [0.05, 0.1) is 45.2 Å². The SMILES string of the molecule is COc1cc(N2C[C@@H](C(=O)NCc3ccccn3)CC2=O)cc(OC)c1OC. The van der Waals surface area contributed by atoms with Crippen LogP contribution in [0.3, 0.4) is 0 Å². The van der Waals surface area contributed by atoms with Crippen molar-refractivity contribution >= 4 is 17.5 Å². The van der Waals surface area contributed by atoms with Gasteiger partial charge in [0, 0.05) is 31.3 Å². The van der Waals surface area contributed by atoms with Crippen molar-refractivity contribution in [3.8, 4) is 17.2 Å². The summed E-state index contributed by atoms with van der Waals surface area (Å²) < 4.78 is 16.0. The highest BCUT2D eigenvalue weighted by molar-refractivity contribution is 6.00. The van der Waals surface area contributed by atoms with Gasteiger partial charge in [-0.1, -0.05) is 6.07 Å². The molecule has 0 saturated carbocycles.